The van der Waals surface area contributed by atoms with Gasteiger partial charge < -0.3 is 9.64 Å². The van der Waals surface area contributed by atoms with Crippen molar-refractivity contribution in [3.05, 3.63) is 90.0 Å². The van der Waals surface area contributed by atoms with E-state index >= 15 is 0 Å². The maximum atomic E-state index is 14.0. The summed E-state index contributed by atoms with van der Waals surface area (Å²) in [6.45, 7) is 6.45. The lowest BCUT2D eigenvalue weighted by Gasteiger charge is -2.31. The highest BCUT2D eigenvalue weighted by molar-refractivity contribution is 8.14. The number of rotatable bonds is 7. The number of amidine groups is 1. The van der Waals surface area contributed by atoms with Crippen molar-refractivity contribution >= 4 is 34.4 Å². The van der Waals surface area contributed by atoms with E-state index in [4.69, 9.17) is 0 Å². The number of carbonyl (C=O) groups is 1. The van der Waals surface area contributed by atoms with E-state index < -0.39 is 12.4 Å². The first kappa shape index (κ1) is 31.9. The molecule has 1 saturated heterocycles. The van der Waals surface area contributed by atoms with Crippen molar-refractivity contribution in [2.75, 3.05) is 17.2 Å². The lowest BCUT2D eigenvalue weighted by Crippen LogP contribution is -2.35. The van der Waals surface area contributed by atoms with Crippen LogP contribution in [0.1, 0.15) is 44.2 Å². The van der Waals surface area contributed by atoms with Crippen LogP contribution in [0.4, 0.5) is 28.0 Å². The average Bonchev–Trinajstić information content (AvgIpc) is 3.48. The second kappa shape index (κ2) is 13.6. The van der Waals surface area contributed by atoms with E-state index in [9.17, 15) is 22.4 Å². The molecule has 0 unspecified atom stereocenters. The first-order chi connectivity index (χ1) is 21.4. The zero-order valence-corrected chi connectivity index (χ0v) is 25.6. The number of carbonyl (C=O) groups excluding carboxylic acids is 1. The van der Waals surface area contributed by atoms with Crippen LogP contribution in [0.15, 0.2) is 83.0 Å². The number of benzene rings is 3. The zero-order chi connectivity index (χ0) is 32.1. The van der Waals surface area contributed by atoms with Gasteiger partial charge in [0.1, 0.15) is 17.9 Å². The van der Waals surface area contributed by atoms with Crippen LogP contribution in [0.3, 0.4) is 0 Å². The summed E-state index contributed by atoms with van der Waals surface area (Å²) in [5, 5.41) is 4.98. The molecule has 234 valence electrons. The van der Waals surface area contributed by atoms with Gasteiger partial charge in [-0.15, -0.1) is 18.3 Å². The first-order valence-electron chi connectivity index (χ1n) is 14.2. The number of ether oxygens (including phenoxy) is 1. The van der Waals surface area contributed by atoms with E-state index in [0.717, 1.165) is 34.6 Å². The molecule has 5 rings (SSSR count). The number of thioether (sulfide) groups is 1. The van der Waals surface area contributed by atoms with Crippen LogP contribution in [0.2, 0.25) is 0 Å². The number of amides is 2. The third-order valence-corrected chi connectivity index (χ3v) is 7.93. The number of aromatic nitrogens is 3. The number of urea groups is 1. The van der Waals surface area contributed by atoms with Crippen LogP contribution >= 0.6 is 11.8 Å². The third-order valence-electron chi connectivity index (χ3n) is 6.87. The Hall–Kier alpha value is -4.52. The fourth-order valence-corrected chi connectivity index (χ4v) is 5.75. The summed E-state index contributed by atoms with van der Waals surface area (Å²) in [7, 11) is 0. The van der Waals surface area contributed by atoms with Gasteiger partial charge in [-0.3, -0.25) is 0 Å². The summed E-state index contributed by atoms with van der Waals surface area (Å²) in [5.74, 6) is 0.736. The van der Waals surface area contributed by atoms with Gasteiger partial charge in [-0.2, -0.15) is 4.99 Å². The fourth-order valence-electron chi connectivity index (χ4n) is 4.81. The van der Waals surface area contributed by atoms with Crippen LogP contribution in [-0.2, 0) is 6.42 Å². The second-order valence-electron chi connectivity index (χ2n) is 10.7. The van der Waals surface area contributed by atoms with Gasteiger partial charge >= 0.3 is 12.4 Å². The number of alkyl halides is 3. The largest absolute Gasteiger partial charge is 0.573 e. The zero-order valence-electron chi connectivity index (χ0n) is 24.8. The van der Waals surface area contributed by atoms with Crippen molar-refractivity contribution in [2.45, 2.75) is 45.9 Å². The quantitative estimate of drug-likeness (QED) is 0.150. The number of hydrogen-bond donors (Lipinski definition) is 0. The molecule has 0 spiro atoms. The van der Waals surface area contributed by atoms with Crippen molar-refractivity contribution in [3.8, 4) is 22.8 Å². The molecule has 2 amide bonds. The standard InChI is InChI=1S/C32H30F4N6O2S/c1-20(2)27-18-24(33)9-14-28(27)41-15-4-16-45-31(41)39-30(43)38-21(3)17-22-5-7-23(8-6-22)29-37-19-42(40-29)25-10-12-26(13-11-25)44-32(34,35)36/h5-14,18-20H,4,15-17H2,1-3H3. The van der Waals surface area contributed by atoms with Crippen molar-refractivity contribution in [1.29, 1.82) is 0 Å². The van der Waals surface area contributed by atoms with Crippen LogP contribution in [0, 0.1) is 5.82 Å². The van der Waals surface area contributed by atoms with Crippen molar-refractivity contribution in [3.63, 3.8) is 0 Å². The maximum Gasteiger partial charge on any atom is 0.573 e. The molecule has 1 aliphatic heterocycles. The Morgan fingerprint density at radius 1 is 1.07 bits per heavy atom. The predicted molar refractivity (Wildman–Crippen MR) is 168 cm³/mol. The number of aliphatic imine (C=N–C) groups is 2. The summed E-state index contributed by atoms with van der Waals surface area (Å²) in [4.78, 5) is 27.6. The van der Waals surface area contributed by atoms with Gasteiger partial charge in [0.2, 0.25) is 0 Å². The molecule has 45 heavy (non-hydrogen) atoms. The summed E-state index contributed by atoms with van der Waals surface area (Å²) in [6.07, 6.45) is -1.95. The second-order valence-corrected chi connectivity index (χ2v) is 11.7. The Kier molecular flexibility index (Phi) is 9.66. The first-order valence-corrected chi connectivity index (χ1v) is 15.2. The molecule has 0 saturated carbocycles. The minimum atomic E-state index is -4.76. The summed E-state index contributed by atoms with van der Waals surface area (Å²) in [6, 6.07) is 16.9. The molecule has 4 aromatic rings. The van der Waals surface area contributed by atoms with Gasteiger partial charge in [0.15, 0.2) is 11.0 Å². The van der Waals surface area contributed by atoms with E-state index in [1.165, 1.54) is 59.2 Å². The topological polar surface area (TPSA) is 85.0 Å². The third kappa shape index (κ3) is 8.35. The molecule has 0 N–H and O–H groups in total. The summed E-state index contributed by atoms with van der Waals surface area (Å²) in [5.41, 5.74) is 4.47. The Morgan fingerprint density at radius 2 is 1.80 bits per heavy atom. The van der Waals surface area contributed by atoms with E-state index in [1.807, 2.05) is 43.0 Å². The molecular formula is C32H30F4N6O2S. The highest BCUT2D eigenvalue weighted by Gasteiger charge is 2.31. The van der Waals surface area contributed by atoms with Gasteiger partial charge in [-0.25, -0.2) is 23.8 Å². The molecule has 13 heteroatoms. The molecular weight excluding hydrogens is 608 g/mol. The minimum absolute atomic E-state index is 0.0974. The number of halogens is 4. The Morgan fingerprint density at radius 3 is 2.49 bits per heavy atom. The van der Waals surface area contributed by atoms with Crippen LogP contribution in [0.5, 0.6) is 5.75 Å². The van der Waals surface area contributed by atoms with E-state index in [1.54, 1.807) is 13.0 Å². The lowest BCUT2D eigenvalue weighted by atomic mass is 10.00. The van der Waals surface area contributed by atoms with Gasteiger partial charge in [-0.05, 0) is 72.9 Å². The molecule has 2 heterocycles. The highest BCUT2D eigenvalue weighted by atomic mass is 32.2. The molecule has 3 aromatic carbocycles. The monoisotopic (exact) mass is 638 g/mol. The fraction of sp³-hybridized carbons (Fsp3) is 0.281. The molecule has 1 aliphatic rings. The number of anilines is 1. The smallest absolute Gasteiger partial charge is 0.406 e. The lowest BCUT2D eigenvalue weighted by molar-refractivity contribution is -0.274. The molecule has 0 aliphatic carbocycles. The maximum absolute atomic E-state index is 14.0. The van der Waals surface area contributed by atoms with Gasteiger partial charge in [0.05, 0.1) is 5.69 Å². The number of hydrogen-bond acceptors (Lipinski definition) is 5. The van der Waals surface area contributed by atoms with Crippen LogP contribution in [-0.4, -0.2) is 50.3 Å². The van der Waals surface area contributed by atoms with E-state index in [-0.39, 0.29) is 17.5 Å². The molecule has 1 aromatic heterocycles. The molecule has 0 atom stereocenters. The Labute approximate surface area is 261 Å². The Bertz CT molecular complexity index is 1720. The van der Waals surface area contributed by atoms with Gasteiger partial charge in [-0.1, -0.05) is 49.9 Å². The molecule has 0 radical (unpaired) electrons. The summed E-state index contributed by atoms with van der Waals surface area (Å²) < 4.78 is 56.6. The van der Waals surface area contributed by atoms with E-state index in [0.29, 0.717) is 35.4 Å². The van der Waals surface area contributed by atoms with Gasteiger partial charge in [0, 0.05) is 35.7 Å². The molecule has 0 bridgehead atoms. The average molecular weight is 639 g/mol. The van der Waals surface area contributed by atoms with Crippen molar-refractivity contribution in [2.24, 2.45) is 9.98 Å². The van der Waals surface area contributed by atoms with Crippen molar-refractivity contribution < 1.29 is 27.1 Å². The predicted octanol–water partition coefficient (Wildman–Crippen LogP) is 8.22. The normalized spacial score (nSPS) is 15.2. The van der Waals surface area contributed by atoms with Crippen LogP contribution in [0.25, 0.3) is 17.1 Å². The number of nitrogens with zero attached hydrogens (tertiary/aromatic N) is 6. The molecule has 1 fully saturated rings. The summed E-state index contributed by atoms with van der Waals surface area (Å²) >= 11 is 1.48. The highest BCUT2D eigenvalue weighted by Crippen LogP contribution is 2.33. The SMILES string of the molecule is CC(Cc1ccc(-c2ncn(-c3ccc(OC(F)(F)F)cc3)n2)cc1)=NC(=O)N=C1SCCCN1c1ccc(F)cc1C(C)C. The van der Waals surface area contributed by atoms with Gasteiger partial charge in [0.25, 0.3) is 0 Å². The van der Waals surface area contributed by atoms with Crippen LogP contribution < -0.4 is 9.64 Å². The minimum Gasteiger partial charge on any atom is -0.406 e. The Balaban J connectivity index is 1.24. The van der Waals surface area contributed by atoms with E-state index in [2.05, 4.69) is 24.8 Å². The van der Waals surface area contributed by atoms with Crippen molar-refractivity contribution in [1.82, 2.24) is 14.8 Å². The molecule has 8 nitrogen and oxygen atoms in total.